The highest BCUT2D eigenvalue weighted by molar-refractivity contribution is 8.00. The van der Waals surface area contributed by atoms with Crippen LogP contribution in [0.1, 0.15) is 21.9 Å². The number of nitrogens with zero attached hydrogens (tertiary/aromatic N) is 3. The van der Waals surface area contributed by atoms with Crippen molar-refractivity contribution < 1.29 is 19.1 Å². The van der Waals surface area contributed by atoms with Crippen LogP contribution in [0.5, 0.6) is 0 Å². The van der Waals surface area contributed by atoms with Crippen molar-refractivity contribution in [1.82, 2.24) is 9.78 Å². The number of amides is 1. The molecule has 1 N–H and O–H groups in total. The van der Waals surface area contributed by atoms with Crippen LogP contribution in [0.3, 0.4) is 0 Å². The summed E-state index contributed by atoms with van der Waals surface area (Å²) in [5.74, 6) is -1.35. The maximum atomic E-state index is 13.7. The molecule has 0 aliphatic carbocycles. The average Bonchev–Trinajstić information content (AvgIpc) is 3.17. The number of rotatable bonds is 5. The number of benzene rings is 3. The molecule has 0 radical (unpaired) electrons. The van der Waals surface area contributed by atoms with Crippen LogP contribution >= 0.6 is 11.8 Å². The van der Waals surface area contributed by atoms with Gasteiger partial charge in [-0.25, -0.2) is 9.07 Å². The smallest absolute Gasteiger partial charge is 0.323 e. The summed E-state index contributed by atoms with van der Waals surface area (Å²) in [6.45, 7) is 1.50. The van der Waals surface area contributed by atoms with Crippen molar-refractivity contribution in [3.05, 3.63) is 101 Å². The Morgan fingerprint density at radius 1 is 1.09 bits per heavy atom. The molecule has 2 heterocycles. The SMILES string of the molecule is Cc1cccc(C2SCC(=O)N(CC(=O)O)c3c2c(-c2ccccc2)nn3-c2ccc(F)cc2)c1. The quantitative estimate of drug-likeness (QED) is 0.417. The van der Waals surface area contributed by atoms with Crippen molar-refractivity contribution in [2.45, 2.75) is 12.2 Å². The number of carbonyl (C=O) groups is 2. The summed E-state index contributed by atoms with van der Waals surface area (Å²) in [4.78, 5) is 26.4. The first-order valence-corrected chi connectivity index (χ1v) is 12.1. The summed E-state index contributed by atoms with van der Waals surface area (Å²) < 4.78 is 15.3. The normalized spacial score (nSPS) is 15.5. The summed E-state index contributed by atoms with van der Waals surface area (Å²) in [5.41, 5.74) is 4.85. The zero-order valence-electron chi connectivity index (χ0n) is 18.9. The van der Waals surface area contributed by atoms with Gasteiger partial charge in [-0.05, 0) is 36.8 Å². The molecular weight excluding hydrogens is 465 g/mol. The summed E-state index contributed by atoms with van der Waals surface area (Å²) in [6, 6.07) is 23.4. The summed E-state index contributed by atoms with van der Waals surface area (Å²) in [7, 11) is 0. The second-order valence-electron chi connectivity index (χ2n) is 8.32. The van der Waals surface area contributed by atoms with E-state index in [0.29, 0.717) is 17.2 Å². The Hall–Kier alpha value is -3.91. The van der Waals surface area contributed by atoms with Crippen molar-refractivity contribution in [3.63, 3.8) is 0 Å². The minimum Gasteiger partial charge on any atom is -0.480 e. The number of carboxylic acid groups (broad SMARTS) is 1. The van der Waals surface area contributed by atoms with Crippen LogP contribution in [0.2, 0.25) is 0 Å². The van der Waals surface area contributed by atoms with Crippen molar-refractivity contribution in [1.29, 1.82) is 0 Å². The van der Waals surface area contributed by atoms with Crippen LogP contribution in [0, 0.1) is 12.7 Å². The van der Waals surface area contributed by atoms with Gasteiger partial charge in [0.1, 0.15) is 18.2 Å². The zero-order valence-corrected chi connectivity index (χ0v) is 19.7. The lowest BCUT2D eigenvalue weighted by Crippen LogP contribution is -2.38. The molecule has 1 unspecified atom stereocenters. The highest BCUT2D eigenvalue weighted by Gasteiger charge is 2.37. The third kappa shape index (κ3) is 4.44. The van der Waals surface area contributed by atoms with E-state index in [-0.39, 0.29) is 16.9 Å². The largest absolute Gasteiger partial charge is 0.480 e. The number of carbonyl (C=O) groups excluding carboxylic acids is 1. The van der Waals surface area contributed by atoms with Crippen LogP contribution in [-0.4, -0.2) is 39.1 Å². The number of carboxylic acids is 1. The number of hydrogen-bond acceptors (Lipinski definition) is 4. The minimum atomic E-state index is -1.13. The van der Waals surface area contributed by atoms with Gasteiger partial charge in [0.2, 0.25) is 5.91 Å². The van der Waals surface area contributed by atoms with E-state index in [1.54, 1.807) is 16.8 Å². The van der Waals surface area contributed by atoms with Crippen molar-refractivity contribution in [3.8, 4) is 16.9 Å². The first kappa shape index (κ1) is 22.9. The molecule has 0 bridgehead atoms. The van der Waals surface area contributed by atoms with E-state index in [4.69, 9.17) is 5.10 Å². The van der Waals surface area contributed by atoms with E-state index >= 15 is 0 Å². The minimum absolute atomic E-state index is 0.109. The maximum absolute atomic E-state index is 13.7. The lowest BCUT2D eigenvalue weighted by molar-refractivity contribution is -0.136. The van der Waals surface area contributed by atoms with E-state index in [0.717, 1.165) is 22.3 Å². The molecule has 35 heavy (non-hydrogen) atoms. The molecular formula is C27H22FN3O3S. The Morgan fingerprint density at radius 2 is 1.83 bits per heavy atom. The number of aliphatic carboxylic acids is 1. The molecule has 1 aromatic heterocycles. The summed E-state index contributed by atoms with van der Waals surface area (Å²) >= 11 is 1.45. The third-order valence-corrected chi connectivity index (χ3v) is 7.10. The molecule has 0 saturated carbocycles. The van der Waals surface area contributed by atoms with Crippen LogP contribution in [0.25, 0.3) is 16.9 Å². The molecule has 176 valence electrons. The van der Waals surface area contributed by atoms with Crippen molar-refractivity contribution in [2.75, 3.05) is 17.2 Å². The fourth-order valence-electron chi connectivity index (χ4n) is 4.32. The zero-order chi connectivity index (χ0) is 24.5. The van der Waals surface area contributed by atoms with E-state index in [9.17, 15) is 19.1 Å². The molecule has 3 aromatic carbocycles. The molecule has 5 rings (SSSR count). The predicted molar refractivity (Wildman–Crippen MR) is 134 cm³/mol. The van der Waals surface area contributed by atoms with E-state index in [2.05, 4.69) is 6.07 Å². The topological polar surface area (TPSA) is 75.4 Å². The van der Waals surface area contributed by atoms with Crippen molar-refractivity contribution in [2.24, 2.45) is 0 Å². The monoisotopic (exact) mass is 487 g/mol. The summed E-state index contributed by atoms with van der Waals surface area (Å²) in [5, 5.41) is 14.3. The van der Waals surface area contributed by atoms with Gasteiger partial charge in [0.15, 0.2) is 0 Å². The molecule has 1 atom stereocenters. The molecule has 6 nitrogen and oxygen atoms in total. The van der Waals surface area contributed by atoms with Gasteiger partial charge >= 0.3 is 5.97 Å². The second-order valence-corrected chi connectivity index (χ2v) is 9.41. The van der Waals surface area contributed by atoms with Gasteiger partial charge in [-0.2, -0.15) is 5.10 Å². The third-order valence-electron chi connectivity index (χ3n) is 5.85. The highest BCUT2D eigenvalue weighted by Crippen LogP contribution is 2.48. The fourth-order valence-corrected chi connectivity index (χ4v) is 5.51. The number of anilines is 1. The molecule has 0 spiro atoms. The summed E-state index contributed by atoms with van der Waals surface area (Å²) in [6.07, 6.45) is 0. The van der Waals surface area contributed by atoms with E-state index in [1.165, 1.54) is 28.8 Å². The number of aryl methyl sites for hydroxylation is 1. The Labute approximate surface area is 206 Å². The average molecular weight is 488 g/mol. The van der Waals surface area contributed by atoms with Crippen LogP contribution < -0.4 is 4.90 Å². The standard InChI is InChI=1S/C27H22FN3O3S/c1-17-6-5-9-19(14-17)26-24-25(18-7-3-2-4-8-18)29-31(21-12-10-20(28)11-13-21)27(24)30(15-23(33)34)22(32)16-35-26/h2-14,26H,15-16H2,1H3,(H,33,34). The molecule has 1 amide bonds. The van der Waals surface area contributed by atoms with Crippen molar-refractivity contribution >= 4 is 29.5 Å². The molecule has 1 aliphatic rings. The number of hydrogen-bond donors (Lipinski definition) is 1. The number of thioether (sulfide) groups is 1. The van der Waals surface area contributed by atoms with Gasteiger partial charge in [0.05, 0.1) is 22.4 Å². The first-order valence-electron chi connectivity index (χ1n) is 11.1. The van der Waals surface area contributed by atoms with E-state index < -0.39 is 18.3 Å². The lowest BCUT2D eigenvalue weighted by atomic mass is 9.98. The van der Waals surface area contributed by atoms with Gasteiger partial charge < -0.3 is 5.11 Å². The molecule has 1 aliphatic heterocycles. The molecule has 8 heteroatoms. The van der Waals surface area contributed by atoms with Crippen LogP contribution in [-0.2, 0) is 9.59 Å². The fraction of sp³-hybridized carbons (Fsp3) is 0.148. The van der Waals surface area contributed by atoms with Gasteiger partial charge in [-0.15, -0.1) is 11.8 Å². The molecule has 0 fully saturated rings. The molecule has 4 aromatic rings. The molecule has 0 saturated heterocycles. The van der Waals surface area contributed by atoms with Gasteiger partial charge in [-0.1, -0.05) is 60.2 Å². The van der Waals surface area contributed by atoms with Gasteiger partial charge in [-0.3, -0.25) is 14.5 Å². The van der Waals surface area contributed by atoms with Gasteiger partial charge in [0, 0.05) is 11.1 Å². The highest BCUT2D eigenvalue weighted by atomic mass is 32.2. The number of fused-ring (bicyclic) bond motifs is 1. The Balaban J connectivity index is 1.85. The first-order chi connectivity index (χ1) is 16.9. The van der Waals surface area contributed by atoms with E-state index in [1.807, 2.05) is 55.5 Å². The maximum Gasteiger partial charge on any atom is 0.323 e. The Morgan fingerprint density at radius 3 is 2.51 bits per heavy atom. The number of aromatic nitrogens is 2. The predicted octanol–water partition coefficient (Wildman–Crippen LogP) is 5.24. The Bertz CT molecular complexity index is 1400. The second kappa shape index (κ2) is 9.38. The van der Waals surface area contributed by atoms with Crippen LogP contribution in [0.4, 0.5) is 10.2 Å². The number of halogens is 1. The lowest BCUT2D eigenvalue weighted by Gasteiger charge is -2.22. The van der Waals surface area contributed by atoms with Crippen LogP contribution in [0.15, 0.2) is 78.9 Å². The Kier molecular flexibility index (Phi) is 6.13. The van der Waals surface area contributed by atoms with Gasteiger partial charge in [0.25, 0.3) is 0 Å².